The second kappa shape index (κ2) is 5.02. The number of halogens is 1. The molecule has 1 aliphatic rings. The molecule has 1 nitrogen and oxygen atoms in total. The third kappa shape index (κ3) is 2.04. The van der Waals surface area contributed by atoms with E-state index in [-0.39, 0.29) is 11.2 Å². The number of hydrogen-bond acceptors (Lipinski definition) is 1. The van der Waals surface area contributed by atoms with E-state index in [0.717, 1.165) is 30.4 Å². The highest BCUT2D eigenvalue weighted by Crippen LogP contribution is 2.52. The van der Waals surface area contributed by atoms with Gasteiger partial charge >= 0.3 is 0 Å². The van der Waals surface area contributed by atoms with Crippen molar-refractivity contribution in [3.8, 4) is 0 Å². The molecule has 3 rings (SSSR count). The van der Waals surface area contributed by atoms with Crippen LogP contribution in [0.2, 0.25) is 0 Å². The summed E-state index contributed by atoms with van der Waals surface area (Å²) in [6.07, 6.45) is 2.37. The molecule has 1 unspecified atom stereocenters. The summed E-state index contributed by atoms with van der Waals surface area (Å²) in [5.41, 5.74) is 2.57. The van der Waals surface area contributed by atoms with Gasteiger partial charge < -0.3 is 5.11 Å². The second-order valence-electron chi connectivity index (χ2n) is 5.78. The molecule has 2 aromatic rings. The van der Waals surface area contributed by atoms with Gasteiger partial charge in [-0.15, -0.1) is 0 Å². The van der Waals surface area contributed by atoms with Gasteiger partial charge in [0, 0.05) is 5.41 Å². The predicted molar refractivity (Wildman–Crippen MR) is 78.1 cm³/mol. The number of rotatable bonds is 3. The van der Waals surface area contributed by atoms with Crippen molar-refractivity contribution >= 4 is 0 Å². The Morgan fingerprint density at radius 1 is 1.10 bits per heavy atom. The van der Waals surface area contributed by atoms with Gasteiger partial charge in [0.15, 0.2) is 0 Å². The van der Waals surface area contributed by atoms with E-state index in [4.69, 9.17) is 0 Å². The minimum absolute atomic E-state index is 0.250. The molecule has 1 N–H and O–H groups in total. The Hall–Kier alpha value is -1.67. The van der Waals surface area contributed by atoms with E-state index in [1.165, 1.54) is 12.1 Å². The van der Waals surface area contributed by atoms with E-state index in [2.05, 4.69) is 12.1 Å². The average molecular weight is 270 g/mol. The SMILES string of the molecule is Cc1ccc(F)cc1C(O)C1(c2ccccc2)CCC1. The van der Waals surface area contributed by atoms with Crippen molar-refractivity contribution in [2.45, 2.75) is 37.7 Å². The van der Waals surface area contributed by atoms with Gasteiger partial charge in [-0.25, -0.2) is 4.39 Å². The van der Waals surface area contributed by atoms with Crippen LogP contribution in [0.5, 0.6) is 0 Å². The van der Waals surface area contributed by atoms with E-state index in [1.807, 2.05) is 25.1 Å². The summed E-state index contributed by atoms with van der Waals surface area (Å²) in [7, 11) is 0. The van der Waals surface area contributed by atoms with Crippen LogP contribution in [0.15, 0.2) is 48.5 Å². The lowest BCUT2D eigenvalue weighted by Crippen LogP contribution is -2.40. The molecule has 1 fully saturated rings. The maximum atomic E-state index is 13.5. The van der Waals surface area contributed by atoms with E-state index < -0.39 is 6.10 Å². The Kier molecular flexibility index (Phi) is 3.35. The molecule has 20 heavy (non-hydrogen) atoms. The molecule has 1 saturated carbocycles. The fourth-order valence-electron chi connectivity index (χ4n) is 3.25. The fourth-order valence-corrected chi connectivity index (χ4v) is 3.25. The van der Waals surface area contributed by atoms with Gasteiger partial charge in [0.2, 0.25) is 0 Å². The molecule has 0 aromatic heterocycles. The molecule has 0 spiro atoms. The maximum absolute atomic E-state index is 13.5. The lowest BCUT2D eigenvalue weighted by Gasteiger charge is -2.46. The maximum Gasteiger partial charge on any atom is 0.123 e. The molecule has 0 heterocycles. The molecule has 0 radical (unpaired) electrons. The van der Waals surface area contributed by atoms with E-state index in [0.29, 0.717) is 5.56 Å². The molecule has 1 atom stereocenters. The smallest absolute Gasteiger partial charge is 0.123 e. The Morgan fingerprint density at radius 3 is 2.40 bits per heavy atom. The molecule has 1 aliphatic carbocycles. The van der Waals surface area contributed by atoms with Crippen molar-refractivity contribution in [1.29, 1.82) is 0 Å². The molecule has 2 aromatic carbocycles. The van der Waals surface area contributed by atoms with Gasteiger partial charge in [-0.2, -0.15) is 0 Å². The van der Waals surface area contributed by atoms with Crippen molar-refractivity contribution in [2.75, 3.05) is 0 Å². The molecule has 0 saturated heterocycles. The van der Waals surface area contributed by atoms with Gasteiger partial charge in [0.25, 0.3) is 0 Å². The zero-order valence-corrected chi connectivity index (χ0v) is 11.6. The van der Waals surface area contributed by atoms with Gasteiger partial charge in [-0.05, 0) is 48.6 Å². The van der Waals surface area contributed by atoms with E-state index >= 15 is 0 Å². The highest BCUT2D eigenvalue weighted by molar-refractivity contribution is 5.37. The Bertz CT molecular complexity index is 602. The first-order chi connectivity index (χ1) is 9.63. The van der Waals surface area contributed by atoms with Crippen LogP contribution in [0.4, 0.5) is 4.39 Å². The number of aliphatic hydroxyl groups is 1. The summed E-state index contributed by atoms with van der Waals surface area (Å²) in [6.45, 7) is 1.93. The van der Waals surface area contributed by atoms with Gasteiger partial charge in [0.05, 0.1) is 6.10 Å². The summed E-state index contributed by atoms with van der Waals surface area (Å²) in [5.74, 6) is -0.285. The summed E-state index contributed by atoms with van der Waals surface area (Å²) in [6, 6.07) is 14.8. The molecule has 2 heteroatoms. The number of aliphatic hydroxyl groups excluding tert-OH is 1. The Balaban J connectivity index is 2.03. The van der Waals surface area contributed by atoms with Crippen molar-refractivity contribution in [3.05, 3.63) is 71.0 Å². The van der Waals surface area contributed by atoms with Gasteiger partial charge in [0.1, 0.15) is 5.82 Å². The van der Waals surface area contributed by atoms with E-state index in [9.17, 15) is 9.50 Å². The molecular weight excluding hydrogens is 251 g/mol. The Morgan fingerprint density at radius 2 is 1.80 bits per heavy atom. The first kappa shape index (κ1) is 13.3. The number of hydrogen-bond donors (Lipinski definition) is 1. The topological polar surface area (TPSA) is 20.2 Å². The average Bonchev–Trinajstić information content (AvgIpc) is 2.41. The first-order valence-corrected chi connectivity index (χ1v) is 7.13. The van der Waals surface area contributed by atoms with E-state index in [1.54, 1.807) is 6.07 Å². The van der Waals surface area contributed by atoms with Crippen LogP contribution in [-0.2, 0) is 5.41 Å². The summed E-state index contributed by atoms with van der Waals surface area (Å²) < 4.78 is 13.5. The Labute approximate surface area is 119 Å². The van der Waals surface area contributed by atoms with Crippen molar-refractivity contribution < 1.29 is 9.50 Å². The quantitative estimate of drug-likeness (QED) is 0.882. The van der Waals surface area contributed by atoms with Crippen LogP contribution in [0.1, 0.15) is 42.1 Å². The second-order valence-corrected chi connectivity index (χ2v) is 5.78. The molecule has 0 amide bonds. The predicted octanol–water partition coefficient (Wildman–Crippen LogP) is 4.29. The minimum Gasteiger partial charge on any atom is -0.387 e. The van der Waals surface area contributed by atoms with Crippen LogP contribution in [0, 0.1) is 12.7 Å². The minimum atomic E-state index is -0.644. The standard InChI is InChI=1S/C18H19FO/c1-13-8-9-15(19)12-16(13)17(20)18(10-5-11-18)14-6-3-2-4-7-14/h2-4,6-9,12,17,20H,5,10-11H2,1H3. The molecular formula is C18H19FO. The summed E-state index contributed by atoms with van der Waals surface area (Å²) in [4.78, 5) is 0. The zero-order chi connectivity index (χ0) is 14.2. The largest absolute Gasteiger partial charge is 0.387 e. The number of benzene rings is 2. The molecule has 104 valence electrons. The van der Waals surface area contributed by atoms with Crippen molar-refractivity contribution in [1.82, 2.24) is 0 Å². The highest BCUT2D eigenvalue weighted by atomic mass is 19.1. The van der Waals surface area contributed by atoms with Gasteiger partial charge in [-0.1, -0.05) is 42.8 Å². The normalized spacial score (nSPS) is 18.4. The zero-order valence-electron chi connectivity index (χ0n) is 11.6. The summed E-state index contributed by atoms with van der Waals surface area (Å²) in [5, 5.41) is 10.9. The van der Waals surface area contributed by atoms with Crippen molar-refractivity contribution in [2.24, 2.45) is 0 Å². The van der Waals surface area contributed by atoms with Crippen LogP contribution < -0.4 is 0 Å². The first-order valence-electron chi connectivity index (χ1n) is 7.13. The number of aryl methyl sites for hydroxylation is 1. The monoisotopic (exact) mass is 270 g/mol. The van der Waals surface area contributed by atoms with Crippen LogP contribution in [0.25, 0.3) is 0 Å². The lowest BCUT2D eigenvalue weighted by atomic mass is 9.59. The van der Waals surface area contributed by atoms with Crippen LogP contribution in [-0.4, -0.2) is 5.11 Å². The highest BCUT2D eigenvalue weighted by Gasteiger charge is 2.45. The fraction of sp³-hybridized carbons (Fsp3) is 0.333. The van der Waals surface area contributed by atoms with Crippen LogP contribution in [0.3, 0.4) is 0 Å². The molecule has 0 aliphatic heterocycles. The van der Waals surface area contributed by atoms with Crippen molar-refractivity contribution in [3.63, 3.8) is 0 Å². The third-order valence-electron chi connectivity index (χ3n) is 4.65. The van der Waals surface area contributed by atoms with Gasteiger partial charge in [-0.3, -0.25) is 0 Å². The summed E-state index contributed by atoms with van der Waals surface area (Å²) >= 11 is 0. The van der Waals surface area contributed by atoms with Crippen LogP contribution >= 0.6 is 0 Å². The third-order valence-corrected chi connectivity index (χ3v) is 4.65. The molecule has 0 bridgehead atoms. The lowest BCUT2D eigenvalue weighted by molar-refractivity contribution is 0.0262.